The quantitative estimate of drug-likeness (QED) is 0.824. The van der Waals surface area contributed by atoms with Gasteiger partial charge in [-0.2, -0.15) is 0 Å². The molecule has 0 bridgehead atoms. The Bertz CT molecular complexity index is 402. The van der Waals surface area contributed by atoms with Crippen molar-refractivity contribution in [2.24, 2.45) is 0 Å². The van der Waals surface area contributed by atoms with Gasteiger partial charge in [-0.3, -0.25) is 4.79 Å². The lowest BCUT2D eigenvalue weighted by atomic mass is 10.0. The smallest absolute Gasteiger partial charge is 0.249 e. The van der Waals surface area contributed by atoms with Gasteiger partial charge in [0, 0.05) is 12.7 Å². The third-order valence-corrected chi connectivity index (χ3v) is 3.19. The van der Waals surface area contributed by atoms with Crippen LogP contribution in [0.15, 0.2) is 24.3 Å². The first-order chi connectivity index (χ1) is 9.17. The second-order valence-corrected chi connectivity index (χ2v) is 4.34. The van der Waals surface area contributed by atoms with Gasteiger partial charge in [0.1, 0.15) is 11.9 Å². The number of hydrogen-bond donors (Lipinski definition) is 1. The average molecular weight is 265 g/mol. The molecule has 0 fully saturated rings. The maximum atomic E-state index is 12.1. The lowest BCUT2D eigenvalue weighted by molar-refractivity contribution is -0.132. The molecule has 1 aromatic rings. The summed E-state index contributed by atoms with van der Waals surface area (Å²) in [6, 6.07) is 7.67. The number of carbonyl (C=O) groups is 1. The summed E-state index contributed by atoms with van der Waals surface area (Å²) in [5, 5.41) is 3.02. The Labute approximate surface area is 115 Å². The first kappa shape index (κ1) is 15.5. The number of ether oxygens (including phenoxy) is 2. The monoisotopic (exact) mass is 265 g/mol. The van der Waals surface area contributed by atoms with Crippen molar-refractivity contribution >= 4 is 5.91 Å². The zero-order valence-electron chi connectivity index (χ0n) is 12.1. The number of benzene rings is 1. The Kier molecular flexibility index (Phi) is 6.36. The molecule has 0 unspecified atom stereocenters. The number of amides is 1. The summed E-state index contributed by atoms with van der Waals surface area (Å²) in [7, 11) is 3.19. The van der Waals surface area contributed by atoms with Crippen molar-refractivity contribution in [3.63, 3.8) is 0 Å². The highest BCUT2D eigenvalue weighted by atomic mass is 16.5. The molecule has 0 radical (unpaired) electrons. The van der Waals surface area contributed by atoms with Crippen LogP contribution in [-0.2, 0) is 9.53 Å². The molecule has 0 aliphatic carbocycles. The molecule has 0 aliphatic rings. The lowest BCUT2D eigenvalue weighted by Gasteiger charge is -2.22. The minimum absolute atomic E-state index is 0.0622. The number of rotatable bonds is 7. The number of para-hydroxylation sites is 1. The van der Waals surface area contributed by atoms with E-state index < -0.39 is 6.10 Å². The number of nitrogens with one attached hydrogen (secondary N) is 1. The van der Waals surface area contributed by atoms with Crippen LogP contribution in [0, 0.1) is 0 Å². The second kappa shape index (κ2) is 7.79. The third-order valence-electron chi connectivity index (χ3n) is 3.19. The number of carbonyl (C=O) groups excluding carboxylic acids is 1. The van der Waals surface area contributed by atoms with E-state index in [-0.39, 0.29) is 11.9 Å². The van der Waals surface area contributed by atoms with E-state index in [4.69, 9.17) is 9.47 Å². The maximum absolute atomic E-state index is 12.1. The molecule has 106 valence electrons. The molecule has 1 aromatic carbocycles. The molecule has 1 amide bonds. The molecule has 0 saturated carbocycles. The predicted octanol–water partition coefficient (Wildman–Crippen LogP) is 2.69. The first-order valence-corrected chi connectivity index (χ1v) is 6.63. The second-order valence-electron chi connectivity index (χ2n) is 4.34. The van der Waals surface area contributed by atoms with Gasteiger partial charge in [0.05, 0.1) is 13.2 Å². The van der Waals surface area contributed by atoms with E-state index in [0.29, 0.717) is 6.42 Å². The fourth-order valence-electron chi connectivity index (χ4n) is 2.08. The Morgan fingerprint density at radius 2 is 1.89 bits per heavy atom. The molecular formula is C15H23NO3. The summed E-state index contributed by atoms with van der Waals surface area (Å²) in [6.45, 7) is 3.96. The Hall–Kier alpha value is -1.55. The summed E-state index contributed by atoms with van der Waals surface area (Å²) in [6.07, 6.45) is 1.06. The highest BCUT2D eigenvalue weighted by Crippen LogP contribution is 2.26. The zero-order valence-corrected chi connectivity index (χ0v) is 12.1. The molecule has 0 heterocycles. The number of hydrogen-bond acceptors (Lipinski definition) is 3. The maximum Gasteiger partial charge on any atom is 0.249 e. The van der Waals surface area contributed by atoms with Crippen LogP contribution < -0.4 is 10.1 Å². The van der Waals surface area contributed by atoms with E-state index >= 15 is 0 Å². The standard InChI is InChI=1S/C15H23NO3/c1-5-12(16-15(17)13(6-2)18-3)11-9-7-8-10-14(11)19-4/h7-10,12-13H,5-6H2,1-4H3,(H,16,17)/t12-,13+/m1/s1. The fraction of sp³-hybridized carbons (Fsp3) is 0.533. The van der Waals surface area contributed by atoms with Crippen molar-refractivity contribution < 1.29 is 14.3 Å². The molecule has 0 aromatic heterocycles. The molecule has 19 heavy (non-hydrogen) atoms. The predicted molar refractivity (Wildman–Crippen MR) is 75.3 cm³/mol. The average Bonchev–Trinajstić information content (AvgIpc) is 2.46. The normalized spacial score (nSPS) is 13.7. The van der Waals surface area contributed by atoms with E-state index in [1.165, 1.54) is 0 Å². The topological polar surface area (TPSA) is 47.6 Å². The van der Waals surface area contributed by atoms with Gasteiger partial charge in [-0.1, -0.05) is 32.0 Å². The van der Waals surface area contributed by atoms with Crippen LogP contribution in [0.1, 0.15) is 38.3 Å². The minimum atomic E-state index is -0.399. The SMILES string of the molecule is CC[C@H](OC)C(=O)N[C@H](CC)c1ccccc1OC. The van der Waals surface area contributed by atoms with Crippen molar-refractivity contribution in [1.29, 1.82) is 0 Å². The van der Waals surface area contributed by atoms with Crippen LogP contribution in [0.4, 0.5) is 0 Å². The molecule has 1 rings (SSSR count). The molecule has 4 heteroatoms. The number of methoxy groups -OCH3 is 2. The Morgan fingerprint density at radius 3 is 2.42 bits per heavy atom. The van der Waals surface area contributed by atoms with E-state index in [9.17, 15) is 4.79 Å². The van der Waals surface area contributed by atoms with Gasteiger partial charge in [-0.15, -0.1) is 0 Å². The summed E-state index contributed by atoms with van der Waals surface area (Å²) >= 11 is 0. The van der Waals surface area contributed by atoms with Crippen molar-refractivity contribution in [1.82, 2.24) is 5.32 Å². The van der Waals surface area contributed by atoms with Crippen LogP contribution in [0.2, 0.25) is 0 Å². The van der Waals surface area contributed by atoms with E-state index in [2.05, 4.69) is 5.32 Å². The van der Waals surface area contributed by atoms with Crippen LogP contribution in [0.25, 0.3) is 0 Å². The largest absolute Gasteiger partial charge is 0.496 e. The third kappa shape index (κ3) is 3.96. The fourth-order valence-corrected chi connectivity index (χ4v) is 2.08. The Balaban J connectivity index is 2.86. The van der Waals surface area contributed by atoms with E-state index in [1.54, 1.807) is 14.2 Å². The summed E-state index contributed by atoms with van der Waals surface area (Å²) in [4.78, 5) is 12.1. The summed E-state index contributed by atoms with van der Waals surface area (Å²) < 4.78 is 10.5. The van der Waals surface area contributed by atoms with Crippen molar-refractivity contribution in [3.8, 4) is 5.75 Å². The van der Waals surface area contributed by atoms with Gasteiger partial charge < -0.3 is 14.8 Å². The molecule has 4 nitrogen and oxygen atoms in total. The summed E-state index contributed by atoms with van der Waals surface area (Å²) in [5.74, 6) is 0.711. The molecule has 0 spiro atoms. The highest BCUT2D eigenvalue weighted by Gasteiger charge is 2.21. The lowest BCUT2D eigenvalue weighted by Crippen LogP contribution is -2.37. The van der Waals surface area contributed by atoms with Gasteiger partial charge in [0.25, 0.3) is 0 Å². The van der Waals surface area contributed by atoms with Crippen LogP contribution in [-0.4, -0.2) is 26.2 Å². The van der Waals surface area contributed by atoms with Gasteiger partial charge in [0.2, 0.25) is 5.91 Å². The van der Waals surface area contributed by atoms with Gasteiger partial charge in [-0.25, -0.2) is 0 Å². The van der Waals surface area contributed by atoms with Crippen molar-refractivity contribution in [2.75, 3.05) is 14.2 Å². The van der Waals surface area contributed by atoms with E-state index in [0.717, 1.165) is 17.7 Å². The van der Waals surface area contributed by atoms with Gasteiger partial charge in [-0.05, 0) is 18.9 Å². The van der Waals surface area contributed by atoms with Gasteiger partial charge in [0.15, 0.2) is 0 Å². The minimum Gasteiger partial charge on any atom is -0.496 e. The molecule has 2 atom stereocenters. The van der Waals surface area contributed by atoms with Crippen molar-refractivity contribution in [2.45, 2.75) is 38.8 Å². The zero-order chi connectivity index (χ0) is 14.3. The van der Waals surface area contributed by atoms with Crippen LogP contribution >= 0.6 is 0 Å². The molecule has 0 aliphatic heterocycles. The van der Waals surface area contributed by atoms with Crippen molar-refractivity contribution in [3.05, 3.63) is 29.8 Å². The highest BCUT2D eigenvalue weighted by molar-refractivity contribution is 5.81. The molecule has 0 saturated heterocycles. The van der Waals surface area contributed by atoms with Crippen LogP contribution in [0.3, 0.4) is 0 Å². The van der Waals surface area contributed by atoms with E-state index in [1.807, 2.05) is 38.1 Å². The van der Waals surface area contributed by atoms with Gasteiger partial charge >= 0.3 is 0 Å². The first-order valence-electron chi connectivity index (χ1n) is 6.63. The summed E-state index contributed by atoms with van der Waals surface area (Å²) in [5.41, 5.74) is 0.992. The molecule has 1 N–H and O–H groups in total. The Morgan fingerprint density at radius 1 is 1.21 bits per heavy atom. The molecular weight excluding hydrogens is 242 g/mol. The van der Waals surface area contributed by atoms with Crippen LogP contribution in [0.5, 0.6) is 5.75 Å².